The van der Waals surface area contributed by atoms with E-state index >= 15 is 0 Å². The van der Waals surface area contributed by atoms with Crippen LogP contribution in [-0.2, 0) is 6.54 Å². The molecule has 0 atom stereocenters. The fourth-order valence-electron chi connectivity index (χ4n) is 0.680. The Hall–Kier alpha value is -1.43. The predicted octanol–water partition coefficient (Wildman–Crippen LogP) is -0.216. The van der Waals surface area contributed by atoms with E-state index in [2.05, 4.69) is 4.98 Å². The van der Waals surface area contributed by atoms with Crippen LogP contribution in [0, 0.1) is 10.1 Å². The van der Waals surface area contributed by atoms with Crippen molar-refractivity contribution in [3.05, 3.63) is 22.6 Å². The van der Waals surface area contributed by atoms with E-state index in [1.807, 2.05) is 0 Å². The van der Waals surface area contributed by atoms with Gasteiger partial charge >= 0.3 is 5.82 Å². The molecule has 1 aromatic heterocycles. The number of nitrogens with zero attached hydrogens (tertiary/aromatic N) is 3. The third-order valence-electron chi connectivity index (χ3n) is 1.16. The van der Waals surface area contributed by atoms with E-state index in [1.165, 1.54) is 17.1 Å². The third-order valence-corrected chi connectivity index (χ3v) is 1.16. The molecule has 0 aliphatic carbocycles. The minimum atomic E-state index is -0.576. The van der Waals surface area contributed by atoms with Crippen molar-refractivity contribution in [2.75, 3.05) is 6.61 Å². The molecule has 6 nitrogen and oxygen atoms in total. The molecular formula is C5H7N3O3. The zero-order valence-electron chi connectivity index (χ0n) is 5.67. The molecule has 1 aromatic rings. The first kappa shape index (κ1) is 7.67. The number of hydrogen-bond donors (Lipinski definition) is 1. The van der Waals surface area contributed by atoms with Gasteiger partial charge in [0.25, 0.3) is 0 Å². The summed E-state index contributed by atoms with van der Waals surface area (Å²) in [6.07, 6.45) is 2.59. The van der Waals surface area contributed by atoms with Crippen LogP contribution in [0.2, 0.25) is 0 Å². The lowest BCUT2D eigenvalue weighted by molar-refractivity contribution is -0.389. The standard InChI is InChI=1S/C5H7N3O3/c9-2-1-7-3-5(6-4-7)8(10)11/h3-4,9H,1-2H2. The predicted molar refractivity (Wildman–Crippen MR) is 36.0 cm³/mol. The Morgan fingerprint density at radius 3 is 3.00 bits per heavy atom. The molecule has 0 aliphatic rings. The lowest BCUT2D eigenvalue weighted by atomic mass is 10.6. The summed E-state index contributed by atoms with van der Waals surface area (Å²) < 4.78 is 1.46. The number of hydrogen-bond acceptors (Lipinski definition) is 4. The Kier molecular flexibility index (Phi) is 2.17. The van der Waals surface area contributed by atoms with E-state index in [0.29, 0.717) is 6.54 Å². The fourth-order valence-corrected chi connectivity index (χ4v) is 0.680. The summed E-state index contributed by atoms with van der Waals surface area (Å²) in [5.74, 6) is -0.196. The quantitative estimate of drug-likeness (QED) is 0.486. The molecule has 0 aromatic carbocycles. The van der Waals surface area contributed by atoms with Gasteiger partial charge in [0.15, 0.2) is 0 Å². The minimum absolute atomic E-state index is 0.0481. The Morgan fingerprint density at radius 2 is 2.55 bits per heavy atom. The molecule has 0 aliphatic heterocycles. The zero-order chi connectivity index (χ0) is 8.27. The normalized spacial score (nSPS) is 9.91. The molecule has 0 amide bonds. The van der Waals surface area contributed by atoms with Gasteiger partial charge in [0.2, 0.25) is 6.33 Å². The lowest BCUT2D eigenvalue weighted by Gasteiger charge is -1.91. The van der Waals surface area contributed by atoms with E-state index in [9.17, 15) is 10.1 Å². The molecule has 0 unspecified atom stereocenters. The second kappa shape index (κ2) is 3.11. The van der Waals surface area contributed by atoms with Crippen molar-refractivity contribution >= 4 is 5.82 Å². The zero-order valence-corrected chi connectivity index (χ0v) is 5.67. The molecule has 1 heterocycles. The second-order valence-corrected chi connectivity index (χ2v) is 1.95. The first-order valence-electron chi connectivity index (χ1n) is 3.01. The van der Waals surface area contributed by atoms with Gasteiger partial charge in [-0.25, -0.2) is 0 Å². The maximum Gasteiger partial charge on any atom is 0.381 e. The molecule has 60 valence electrons. The van der Waals surface area contributed by atoms with Crippen LogP contribution in [0.5, 0.6) is 0 Å². The number of nitro groups is 1. The molecule has 1 rings (SSSR count). The van der Waals surface area contributed by atoms with Crippen molar-refractivity contribution < 1.29 is 10.0 Å². The van der Waals surface area contributed by atoms with Crippen molar-refractivity contribution in [3.8, 4) is 0 Å². The average molecular weight is 157 g/mol. The van der Waals surface area contributed by atoms with Crippen LogP contribution < -0.4 is 0 Å². The van der Waals surface area contributed by atoms with Crippen LogP contribution in [0.25, 0.3) is 0 Å². The van der Waals surface area contributed by atoms with Crippen LogP contribution in [0.1, 0.15) is 0 Å². The maximum atomic E-state index is 10.1. The lowest BCUT2D eigenvalue weighted by Crippen LogP contribution is -1.98. The first-order chi connectivity index (χ1) is 5.24. The summed E-state index contributed by atoms with van der Waals surface area (Å²) in [5, 5.41) is 18.5. The molecular weight excluding hydrogens is 150 g/mol. The van der Waals surface area contributed by atoms with Crippen LogP contribution in [-0.4, -0.2) is 26.2 Å². The van der Waals surface area contributed by atoms with Gasteiger partial charge < -0.3 is 19.8 Å². The Morgan fingerprint density at radius 1 is 1.82 bits per heavy atom. The molecule has 0 saturated carbocycles. The monoisotopic (exact) mass is 157 g/mol. The number of aliphatic hydroxyl groups is 1. The fraction of sp³-hybridized carbons (Fsp3) is 0.400. The van der Waals surface area contributed by atoms with Gasteiger partial charge in [-0.1, -0.05) is 0 Å². The number of aliphatic hydroxyl groups excluding tert-OH is 1. The summed E-state index contributed by atoms with van der Waals surface area (Å²) in [5.41, 5.74) is 0. The maximum absolute atomic E-state index is 10.1. The molecule has 0 radical (unpaired) electrons. The topological polar surface area (TPSA) is 81.2 Å². The van der Waals surface area contributed by atoms with E-state index in [-0.39, 0.29) is 12.4 Å². The van der Waals surface area contributed by atoms with Crippen LogP contribution >= 0.6 is 0 Å². The third kappa shape index (κ3) is 1.74. The van der Waals surface area contributed by atoms with Gasteiger partial charge in [-0.15, -0.1) is 0 Å². The molecule has 6 heteroatoms. The second-order valence-electron chi connectivity index (χ2n) is 1.95. The van der Waals surface area contributed by atoms with E-state index < -0.39 is 4.92 Å². The van der Waals surface area contributed by atoms with Crippen LogP contribution in [0.3, 0.4) is 0 Å². The van der Waals surface area contributed by atoms with Crippen molar-refractivity contribution in [3.63, 3.8) is 0 Å². The van der Waals surface area contributed by atoms with Gasteiger partial charge in [0.1, 0.15) is 6.20 Å². The van der Waals surface area contributed by atoms with Gasteiger partial charge in [-0.05, 0) is 9.91 Å². The van der Waals surface area contributed by atoms with Gasteiger partial charge in [-0.2, -0.15) is 0 Å². The largest absolute Gasteiger partial charge is 0.395 e. The highest BCUT2D eigenvalue weighted by atomic mass is 16.6. The Labute approximate surface area is 62.2 Å². The van der Waals surface area contributed by atoms with Gasteiger partial charge in [-0.3, -0.25) is 0 Å². The summed E-state index contributed by atoms with van der Waals surface area (Å²) in [7, 11) is 0. The number of aromatic nitrogens is 2. The van der Waals surface area contributed by atoms with Crippen molar-refractivity contribution in [2.24, 2.45) is 0 Å². The van der Waals surface area contributed by atoms with Crippen molar-refractivity contribution in [1.29, 1.82) is 0 Å². The summed E-state index contributed by atoms with van der Waals surface area (Å²) >= 11 is 0. The molecule has 0 spiro atoms. The highest BCUT2D eigenvalue weighted by Crippen LogP contribution is 2.04. The van der Waals surface area contributed by atoms with Gasteiger partial charge in [0, 0.05) is 6.54 Å². The summed E-state index contributed by atoms with van der Waals surface area (Å²) in [6, 6.07) is 0. The number of imidazole rings is 1. The highest BCUT2D eigenvalue weighted by molar-refractivity contribution is 5.12. The van der Waals surface area contributed by atoms with E-state index in [4.69, 9.17) is 5.11 Å². The molecule has 0 saturated heterocycles. The Balaban J connectivity index is 2.73. The number of rotatable bonds is 3. The molecule has 11 heavy (non-hydrogen) atoms. The molecule has 1 N–H and O–H groups in total. The molecule has 0 fully saturated rings. The summed E-state index contributed by atoms with van der Waals surface area (Å²) in [4.78, 5) is 13.0. The van der Waals surface area contributed by atoms with Crippen molar-refractivity contribution in [2.45, 2.75) is 6.54 Å². The van der Waals surface area contributed by atoms with Crippen molar-refractivity contribution in [1.82, 2.24) is 9.55 Å². The van der Waals surface area contributed by atoms with Crippen LogP contribution in [0.15, 0.2) is 12.5 Å². The molecule has 0 bridgehead atoms. The highest BCUT2D eigenvalue weighted by Gasteiger charge is 2.08. The van der Waals surface area contributed by atoms with E-state index in [0.717, 1.165) is 0 Å². The summed E-state index contributed by atoms with van der Waals surface area (Å²) in [6.45, 7) is 0.286. The minimum Gasteiger partial charge on any atom is -0.395 e. The SMILES string of the molecule is O=[N+]([O-])c1cn(CCO)cn1. The van der Waals surface area contributed by atoms with Gasteiger partial charge in [0.05, 0.1) is 6.61 Å². The smallest absolute Gasteiger partial charge is 0.381 e. The average Bonchev–Trinajstić information content (AvgIpc) is 2.37. The first-order valence-corrected chi connectivity index (χ1v) is 3.01. The van der Waals surface area contributed by atoms with Crippen LogP contribution in [0.4, 0.5) is 5.82 Å². The van der Waals surface area contributed by atoms with E-state index in [1.54, 1.807) is 0 Å². The Bertz CT molecular complexity index is 257.